The van der Waals surface area contributed by atoms with Gasteiger partial charge in [-0.15, -0.1) is 6.21 Å². The molecule has 0 rings (SSSR count). The summed E-state index contributed by atoms with van der Waals surface area (Å²) in [4.78, 5) is 0. The van der Waals surface area contributed by atoms with E-state index in [4.69, 9.17) is 5.41 Å². The fourth-order valence-corrected chi connectivity index (χ4v) is 0. The first kappa shape index (κ1) is 8.82. The Morgan fingerprint density at radius 1 is 1.75 bits per heavy atom. The molecule has 0 bridgehead atoms. The second-order valence-corrected chi connectivity index (χ2v) is 0.204. The molecule has 1 nitrogen and oxygen atoms in total. The molecule has 0 aromatic heterocycles. The van der Waals surface area contributed by atoms with Crippen LogP contribution in [0.25, 0.3) is 0 Å². The van der Waals surface area contributed by atoms with Gasteiger partial charge in [-0.25, -0.2) is 0 Å². The molecule has 0 aliphatic carbocycles. The predicted octanol–water partition coefficient (Wildman–Crippen LogP) is 0.468. The molecule has 1 N–H and O–H groups in total. The molecule has 0 aliphatic rings. The van der Waals surface area contributed by atoms with Crippen molar-refractivity contribution in [3.8, 4) is 0 Å². The van der Waals surface area contributed by atoms with Gasteiger partial charge < -0.3 is 12.3 Å². The summed E-state index contributed by atoms with van der Waals surface area (Å²) in [6, 6.07) is 0. The maximum absolute atomic E-state index is 5.97. The Hall–Kier alpha value is 0.644. The van der Waals surface area contributed by atoms with E-state index in [1.165, 1.54) is 0 Å². The third-order valence-electron chi connectivity index (χ3n) is 0. The molecule has 0 saturated heterocycles. The van der Waals surface area contributed by atoms with Gasteiger partial charge in [0.15, 0.2) is 0 Å². The van der Waals surface area contributed by atoms with Crippen LogP contribution in [0.2, 0.25) is 0 Å². The van der Waals surface area contributed by atoms with Crippen molar-refractivity contribution in [3.05, 3.63) is 6.92 Å². The minimum Gasteiger partial charge on any atom is -0.365 e. The van der Waals surface area contributed by atoms with Crippen LogP contribution < -0.4 is 0 Å². The zero-order chi connectivity index (χ0) is 2.71. The maximum Gasteiger partial charge on any atom is 0 e. The monoisotopic (exact) mass is 131 g/mol. The van der Waals surface area contributed by atoms with Crippen molar-refractivity contribution in [2.24, 2.45) is 0 Å². The van der Waals surface area contributed by atoms with E-state index in [1.54, 1.807) is 0 Å². The molecule has 0 aliphatic heterocycles. The Kier molecular flexibility index (Phi) is 20.8. The van der Waals surface area contributed by atoms with Crippen LogP contribution in [-0.4, -0.2) is 6.21 Å². The third-order valence-corrected chi connectivity index (χ3v) is 0. The molecule has 0 spiro atoms. The van der Waals surface area contributed by atoms with Crippen LogP contribution in [0.1, 0.15) is 0 Å². The average molecular weight is 131 g/mol. The molecule has 4 heavy (non-hydrogen) atoms. The summed E-state index contributed by atoms with van der Waals surface area (Å²) in [5, 5.41) is 5.97. The normalized spacial score (nSPS) is 3.00. The van der Waals surface area contributed by atoms with Gasteiger partial charge in [0.25, 0.3) is 0 Å². The summed E-state index contributed by atoms with van der Waals surface area (Å²) in [6.45, 7) is 3.03. The third kappa shape index (κ3) is 17.2. The topological polar surface area (TPSA) is 23.9 Å². The number of hydrogen-bond acceptors (Lipinski definition) is 1. The van der Waals surface area contributed by atoms with Crippen LogP contribution in [0.15, 0.2) is 0 Å². The van der Waals surface area contributed by atoms with Crippen LogP contribution in [-0.2, 0) is 32.7 Å². The quantitative estimate of drug-likeness (QED) is 0.365. The number of hydrogen-bond donors (Lipinski definition) is 1. The molecule has 0 atom stereocenters. The minimum atomic E-state index is 0. The molecule has 21 valence electrons. The Balaban J connectivity index is 0. The maximum atomic E-state index is 5.97. The SMILES string of the molecule is [CH2-]C=N.[Y]. The van der Waals surface area contributed by atoms with Gasteiger partial charge in [0.05, 0.1) is 0 Å². The van der Waals surface area contributed by atoms with Crippen molar-refractivity contribution in [1.29, 1.82) is 5.41 Å². The van der Waals surface area contributed by atoms with Gasteiger partial charge in [0.1, 0.15) is 0 Å². The molecule has 0 fully saturated rings. The van der Waals surface area contributed by atoms with Crippen LogP contribution in [0, 0.1) is 12.3 Å². The summed E-state index contributed by atoms with van der Waals surface area (Å²) in [6.07, 6.45) is 1.00. The first-order chi connectivity index (χ1) is 1.41. The molecule has 0 unspecified atom stereocenters. The molecule has 0 saturated carbocycles. The van der Waals surface area contributed by atoms with Gasteiger partial charge in [-0.1, -0.05) is 0 Å². The van der Waals surface area contributed by atoms with Crippen molar-refractivity contribution in [2.75, 3.05) is 0 Å². The second-order valence-electron chi connectivity index (χ2n) is 0.204. The van der Waals surface area contributed by atoms with Gasteiger partial charge in [-0.2, -0.15) is 0 Å². The Bertz CT molecular complexity index is 13.5. The molecule has 0 aromatic rings. The Labute approximate surface area is 51.2 Å². The van der Waals surface area contributed by atoms with E-state index < -0.39 is 0 Å². The average Bonchev–Trinajstić information content (AvgIpc) is 0.918. The first-order valence-corrected chi connectivity index (χ1v) is 0.697. The van der Waals surface area contributed by atoms with Crippen molar-refractivity contribution in [1.82, 2.24) is 0 Å². The van der Waals surface area contributed by atoms with Gasteiger partial charge in [-0.05, 0) is 0 Å². The van der Waals surface area contributed by atoms with E-state index in [0.29, 0.717) is 0 Å². The smallest absolute Gasteiger partial charge is 0 e. The van der Waals surface area contributed by atoms with Gasteiger partial charge in [0.2, 0.25) is 0 Å². The standard InChI is InChI=1S/C2H4N.Y/c1-2-3;/h2-3H,1H2;/q-1;. The van der Waals surface area contributed by atoms with E-state index in [0.717, 1.165) is 6.21 Å². The van der Waals surface area contributed by atoms with Crippen LogP contribution in [0.3, 0.4) is 0 Å². The molecule has 1 radical (unpaired) electrons. The van der Waals surface area contributed by atoms with Crippen LogP contribution >= 0.6 is 0 Å². The first-order valence-electron chi connectivity index (χ1n) is 0.697. The summed E-state index contributed by atoms with van der Waals surface area (Å²) in [5.74, 6) is 0. The van der Waals surface area contributed by atoms with E-state index in [1.807, 2.05) is 0 Å². The van der Waals surface area contributed by atoms with Crippen molar-refractivity contribution in [2.45, 2.75) is 0 Å². The molecule has 2 heteroatoms. The predicted molar refractivity (Wildman–Crippen MR) is 14.1 cm³/mol. The summed E-state index contributed by atoms with van der Waals surface area (Å²) >= 11 is 0. The van der Waals surface area contributed by atoms with Crippen molar-refractivity contribution in [3.63, 3.8) is 0 Å². The van der Waals surface area contributed by atoms with E-state index in [2.05, 4.69) is 6.92 Å². The van der Waals surface area contributed by atoms with Crippen LogP contribution in [0.5, 0.6) is 0 Å². The van der Waals surface area contributed by atoms with Gasteiger partial charge in [-0.3, -0.25) is 0 Å². The van der Waals surface area contributed by atoms with E-state index >= 15 is 0 Å². The zero-order valence-corrected chi connectivity index (χ0v) is 5.20. The fraction of sp³-hybridized carbons (Fsp3) is 0. The molecular formula is C2H4NY-. The van der Waals surface area contributed by atoms with Crippen LogP contribution in [0.4, 0.5) is 0 Å². The fourth-order valence-electron chi connectivity index (χ4n) is 0. The molecule has 0 amide bonds. The largest absolute Gasteiger partial charge is 0.365 e. The number of rotatable bonds is 0. The van der Waals surface area contributed by atoms with Crippen molar-refractivity contribution >= 4 is 6.21 Å². The van der Waals surface area contributed by atoms with Gasteiger partial charge in [0, 0.05) is 32.7 Å². The molecule has 0 heterocycles. The summed E-state index contributed by atoms with van der Waals surface area (Å²) < 4.78 is 0. The number of nitrogens with one attached hydrogen (secondary N) is 1. The zero-order valence-electron chi connectivity index (χ0n) is 2.36. The van der Waals surface area contributed by atoms with E-state index in [9.17, 15) is 0 Å². The molecule has 0 aromatic carbocycles. The summed E-state index contributed by atoms with van der Waals surface area (Å²) in [5.41, 5.74) is 0. The Morgan fingerprint density at radius 3 is 1.75 bits per heavy atom. The van der Waals surface area contributed by atoms with E-state index in [-0.39, 0.29) is 32.7 Å². The summed E-state index contributed by atoms with van der Waals surface area (Å²) in [7, 11) is 0. The second kappa shape index (κ2) is 9.43. The minimum absolute atomic E-state index is 0. The van der Waals surface area contributed by atoms with Crippen molar-refractivity contribution < 1.29 is 32.7 Å². The van der Waals surface area contributed by atoms with Gasteiger partial charge >= 0.3 is 0 Å². The molecular weight excluding hydrogens is 127 g/mol. The Morgan fingerprint density at radius 2 is 1.75 bits per heavy atom.